The average molecular weight is 536 g/mol. The van der Waals surface area contributed by atoms with Gasteiger partial charge in [0.1, 0.15) is 0 Å². The van der Waals surface area contributed by atoms with Crippen LogP contribution in [0.5, 0.6) is 0 Å². The van der Waals surface area contributed by atoms with Crippen LogP contribution in [0.15, 0.2) is 42.6 Å². The van der Waals surface area contributed by atoms with Crippen LogP contribution in [0.3, 0.4) is 0 Å². The summed E-state index contributed by atoms with van der Waals surface area (Å²) >= 11 is 3.01. The molecule has 0 radical (unpaired) electrons. The zero-order valence-corrected chi connectivity index (χ0v) is 22.1. The first kappa shape index (κ1) is 24.3. The molecule has 0 bridgehead atoms. The quantitative estimate of drug-likeness (QED) is 0.478. The molecule has 0 spiro atoms. The van der Waals surface area contributed by atoms with E-state index in [9.17, 15) is 14.4 Å². The van der Waals surface area contributed by atoms with E-state index in [1.165, 1.54) is 11.3 Å². The number of hydrogen-bond acceptors (Lipinski definition) is 7. The van der Waals surface area contributed by atoms with Crippen LogP contribution in [0, 0.1) is 0 Å². The molecule has 6 rings (SSSR count). The molecule has 5 heterocycles. The first-order valence-corrected chi connectivity index (χ1v) is 14.4. The largest absolute Gasteiger partial charge is 0.338 e. The van der Waals surface area contributed by atoms with Gasteiger partial charge in [0.25, 0.3) is 5.91 Å². The number of anilines is 1. The number of carbonyl (C=O) groups excluding carboxylic acids is 3. The zero-order chi connectivity index (χ0) is 25.4. The Labute approximate surface area is 223 Å². The maximum Gasteiger partial charge on any atom is 0.264 e. The second-order valence-electron chi connectivity index (χ2n) is 9.89. The van der Waals surface area contributed by atoms with E-state index < -0.39 is 0 Å². The predicted molar refractivity (Wildman–Crippen MR) is 145 cm³/mol. The highest BCUT2D eigenvalue weighted by Gasteiger charge is 2.35. The summed E-state index contributed by atoms with van der Waals surface area (Å²) < 4.78 is 0. The molecular weight excluding hydrogens is 506 g/mol. The van der Waals surface area contributed by atoms with E-state index in [2.05, 4.69) is 39.9 Å². The van der Waals surface area contributed by atoms with Crippen LogP contribution < -0.4 is 10.6 Å². The number of amides is 3. The van der Waals surface area contributed by atoms with Gasteiger partial charge in [0, 0.05) is 44.7 Å². The van der Waals surface area contributed by atoms with Gasteiger partial charge in [-0.2, -0.15) is 0 Å². The van der Waals surface area contributed by atoms with E-state index in [1.807, 2.05) is 22.1 Å². The topological polar surface area (TPSA) is 94.6 Å². The molecule has 1 aromatic carbocycles. The number of thiazole rings is 1. The van der Waals surface area contributed by atoms with Gasteiger partial charge in [-0.15, -0.1) is 22.7 Å². The summed E-state index contributed by atoms with van der Waals surface area (Å²) in [4.78, 5) is 47.3. The Morgan fingerprint density at radius 3 is 2.65 bits per heavy atom. The average Bonchev–Trinajstić information content (AvgIpc) is 3.68. The van der Waals surface area contributed by atoms with Gasteiger partial charge in [-0.25, -0.2) is 4.98 Å². The van der Waals surface area contributed by atoms with Crippen LogP contribution in [0.4, 0.5) is 5.00 Å². The second kappa shape index (κ2) is 10.4. The second-order valence-corrected chi connectivity index (χ2v) is 12.0. The number of nitrogens with zero attached hydrogens (tertiary/aromatic N) is 3. The molecule has 8 nitrogen and oxygen atoms in total. The lowest BCUT2D eigenvalue weighted by atomic mass is 10.0. The minimum Gasteiger partial charge on any atom is -0.338 e. The number of carbonyl (C=O) groups is 3. The van der Waals surface area contributed by atoms with Crippen molar-refractivity contribution in [3.63, 3.8) is 0 Å². The molecule has 0 aliphatic carbocycles. The molecule has 3 amide bonds. The Balaban J connectivity index is 1.01. The van der Waals surface area contributed by atoms with Crippen molar-refractivity contribution in [2.75, 3.05) is 31.5 Å². The molecule has 3 saturated heterocycles. The summed E-state index contributed by atoms with van der Waals surface area (Å²) in [5.41, 5.74) is 2.26. The summed E-state index contributed by atoms with van der Waals surface area (Å²) in [6.07, 6.45) is 5.39. The van der Waals surface area contributed by atoms with Crippen molar-refractivity contribution >= 4 is 45.4 Å². The molecule has 0 unspecified atom stereocenters. The fourth-order valence-electron chi connectivity index (χ4n) is 5.07. The summed E-state index contributed by atoms with van der Waals surface area (Å²) in [7, 11) is 0. The van der Waals surface area contributed by atoms with Gasteiger partial charge in [-0.05, 0) is 49.1 Å². The fraction of sp³-hybridized carbons (Fsp3) is 0.407. The van der Waals surface area contributed by atoms with Gasteiger partial charge in [0.2, 0.25) is 11.8 Å². The van der Waals surface area contributed by atoms with Gasteiger partial charge >= 0.3 is 0 Å². The van der Waals surface area contributed by atoms with Gasteiger partial charge < -0.3 is 20.4 Å². The number of thiophene rings is 1. The van der Waals surface area contributed by atoms with Gasteiger partial charge in [-0.1, -0.05) is 24.3 Å². The first-order valence-electron chi connectivity index (χ1n) is 12.8. The van der Waals surface area contributed by atoms with Crippen LogP contribution in [0.1, 0.15) is 51.8 Å². The Kier molecular flexibility index (Phi) is 6.79. The third kappa shape index (κ3) is 5.18. The van der Waals surface area contributed by atoms with Crippen molar-refractivity contribution in [1.82, 2.24) is 20.1 Å². The molecule has 3 aromatic rings. The van der Waals surface area contributed by atoms with E-state index in [0.717, 1.165) is 53.4 Å². The van der Waals surface area contributed by atoms with Crippen LogP contribution in [0.25, 0.3) is 10.4 Å². The minimum absolute atomic E-state index is 0.00425. The Morgan fingerprint density at radius 1 is 1.08 bits per heavy atom. The number of aromatic nitrogens is 1. The van der Waals surface area contributed by atoms with Crippen LogP contribution in [-0.2, 0) is 16.1 Å². The van der Waals surface area contributed by atoms with E-state index in [1.54, 1.807) is 17.4 Å². The molecule has 37 heavy (non-hydrogen) atoms. The fourth-order valence-corrected chi connectivity index (χ4v) is 6.95. The number of rotatable bonds is 7. The highest BCUT2D eigenvalue weighted by molar-refractivity contribution is 7.18. The van der Waals surface area contributed by atoms with Crippen LogP contribution in [-0.4, -0.2) is 64.7 Å². The molecular formula is C27H29N5O3S2. The summed E-state index contributed by atoms with van der Waals surface area (Å²) in [6.45, 7) is 3.70. The third-order valence-electron chi connectivity index (χ3n) is 7.26. The first-order chi connectivity index (χ1) is 18.0. The lowest BCUT2D eigenvalue weighted by molar-refractivity contribution is -0.128. The lowest BCUT2D eigenvalue weighted by Gasteiger charge is -2.37. The molecule has 2 N–H and O–H groups in total. The molecule has 3 fully saturated rings. The Morgan fingerprint density at radius 2 is 1.92 bits per heavy atom. The molecule has 3 aliphatic heterocycles. The maximum atomic E-state index is 12.9. The maximum absolute atomic E-state index is 12.9. The predicted octanol–water partition coefficient (Wildman–Crippen LogP) is 3.92. The van der Waals surface area contributed by atoms with E-state index >= 15 is 0 Å². The summed E-state index contributed by atoms with van der Waals surface area (Å²) in [6, 6.07) is 11.8. The number of hydrogen-bond donors (Lipinski definition) is 2. The summed E-state index contributed by atoms with van der Waals surface area (Å²) in [5.74, 6) is 0.464. The van der Waals surface area contributed by atoms with E-state index in [-0.39, 0.29) is 29.7 Å². The molecule has 0 saturated carbocycles. The molecule has 1 atom stereocenters. The number of likely N-dealkylation sites (tertiary alicyclic amines) is 2. The van der Waals surface area contributed by atoms with Crippen molar-refractivity contribution in [2.45, 2.75) is 44.2 Å². The number of benzene rings is 1. The molecule has 3 aliphatic rings. The SMILES string of the molecule is O=C(Nc1ccc(C(=O)N2CC(c3ncc(-c4ccc(CN5CCCC5=O)cc4)s3)C2)s1)[C@@H]1CCCN1. The molecule has 2 aromatic heterocycles. The van der Waals surface area contributed by atoms with E-state index in [0.29, 0.717) is 35.9 Å². The van der Waals surface area contributed by atoms with Crippen molar-refractivity contribution in [3.05, 3.63) is 58.0 Å². The smallest absolute Gasteiger partial charge is 0.264 e. The van der Waals surface area contributed by atoms with Gasteiger partial charge in [0.15, 0.2) is 0 Å². The van der Waals surface area contributed by atoms with Crippen LogP contribution in [0.2, 0.25) is 0 Å². The van der Waals surface area contributed by atoms with E-state index in [4.69, 9.17) is 0 Å². The van der Waals surface area contributed by atoms with Crippen molar-refractivity contribution in [3.8, 4) is 10.4 Å². The third-order valence-corrected chi connectivity index (χ3v) is 9.46. The lowest BCUT2D eigenvalue weighted by Crippen LogP contribution is -2.48. The highest BCUT2D eigenvalue weighted by atomic mass is 32.1. The Hall–Kier alpha value is -3.08. The standard InChI is InChI=1S/C27H29N5O3S2/c33-24-4-2-12-31(24)14-17-5-7-18(8-6-17)22-13-29-26(37-22)19-15-32(16-19)27(35)21-9-10-23(36-21)30-25(34)20-3-1-11-28-20/h5-10,13,19-20,28H,1-4,11-12,14-16H2,(H,30,34)/t20-/m0/s1. The summed E-state index contributed by atoms with van der Waals surface area (Å²) in [5, 5.41) is 7.88. The number of nitrogens with one attached hydrogen (secondary N) is 2. The highest BCUT2D eigenvalue weighted by Crippen LogP contribution is 2.36. The van der Waals surface area contributed by atoms with Gasteiger partial charge in [0.05, 0.1) is 25.8 Å². The normalized spacial score (nSPS) is 19.9. The monoisotopic (exact) mass is 535 g/mol. The zero-order valence-electron chi connectivity index (χ0n) is 20.4. The Bertz CT molecular complexity index is 1310. The van der Waals surface area contributed by atoms with Crippen LogP contribution >= 0.6 is 22.7 Å². The van der Waals surface area contributed by atoms with Crippen molar-refractivity contribution < 1.29 is 14.4 Å². The van der Waals surface area contributed by atoms with Crippen molar-refractivity contribution in [2.24, 2.45) is 0 Å². The molecule has 192 valence electrons. The van der Waals surface area contributed by atoms with Gasteiger partial charge in [-0.3, -0.25) is 14.4 Å². The minimum atomic E-state index is -0.140. The van der Waals surface area contributed by atoms with Crippen molar-refractivity contribution in [1.29, 1.82) is 0 Å². The molecule has 10 heteroatoms.